The number of carboxylic acid groups (broad SMARTS) is 1. The minimum absolute atomic E-state index is 0. The van der Waals surface area contributed by atoms with E-state index in [2.05, 4.69) is 10.3 Å². The smallest absolute Gasteiger partial charge is 0.347 e. The van der Waals surface area contributed by atoms with Crippen molar-refractivity contribution in [3.05, 3.63) is 15.6 Å². The third-order valence-electron chi connectivity index (χ3n) is 2.70. The van der Waals surface area contributed by atoms with Gasteiger partial charge in [0.1, 0.15) is 4.88 Å². The first-order valence-corrected chi connectivity index (χ1v) is 5.91. The van der Waals surface area contributed by atoms with E-state index < -0.39 is 5.97 Å². The van der Waals surface area contributed by atoms with Gasteiger partial charge in [-0.15, -0.1) is 36.2 Å². The lowest BCUT2D eigenvalue weighted by Gasteiger charge is -2.20. The van der Waals surface area contributed by atoms with Crippen molar-refractivity contribution >= 4 is 42.1 Å². The number of nitrogens with zero attached hydrogens (tertiary/aromatic N) is 1. The quantitative estimate of drug-likeness (QED) is 0.880. The number of aryl methyl sites for hydroxylation is 1. The molecule has 98 valence electrons. The second-order valence-corrected chi connectivity index (χ2v) is 4.83. The van der Waals surface area contributed by atoms with E-state index in [0.29, 0.717) is 16.5 Å². The van der Waals surface area contributed by atoms with E-state index in [9.17, 15) is 4.79 Å². The van der Waals surface area contributed by atoms with E-state index in [1.165, 1.54) is 11.3 Å². The molecule has 0 saturated carbocycles. The summed E-state index contributed by atoms with van der Waals surface area (Å²) in [6.07, 6.45) is 2.12. The largest absolute Gasteiger partial charge is 0.477 e. The topological polar surface area (TPSA) is 62.2 Å². The van der Waals surface area contributed by atoms with Gasteiger partial charge in [-0.05, 0) is 32.9 Å². The fourth-order valence-electron chi connectivity index (χ4n) is 1.86. The zero-order chi connectivity index (χ0) is 10.8. The SMILES string of the molecule is Cc1nc(C2CCNCC2)sc1C(=O)O.Cl.Cl. The molecular formula is C10H16Cl2N2O2S. The number of carbonyl (C=O) groups is 1. The number of thiazole rings is 1. The van der Waals surface area contributed by atoms with E-state index in [4.69, 9.17) is 5.11 Å². The maximum Gasteiger partial charge on any atom is 0.347 e. The number of carboxylic acids is 1. The van der Waals surface area contributed by atoms with Crippen molar-refractivity contribution in [2.24, 2.45) is 0 Å². The number of hydrogen-bond acceptors (Lipinski definition) is 4. The standard InChI is InChI=1S/C10H14N2O2S.2ClH/c1-6-8(10(13)14)15-9(12-6)7-2-4-11-5-3-7;;/h7,11H,2-5H2,1H3,(H,13,14);2*1H. The third kappa shape index (κ3) is 3.81. The van der Waals surface area contributed by atoms with E-state index in [-0.39, 0.29) is 24.8 Å². The van der Waals surface area contributed by atoms with Crippen molar-refractivity contribution < 1.29 is 9.90 Å². The van der Waals surface area contributed by atoms with Gasteiger partial charge in [0.15, 0.2) is 0 Å². The van der Waals surface area contributed by atoms with Crippen LogP contribution in [0.5, 0.6) is 0 Å². The molecule has 0 aromatic carbocycles. The lowest BCUT2D eigenvalue weighted by atomic mass is 9.99. The summed E-state index contributed by atoms with van der Waals surface area (Å²) in [5.41, 5.74) is 0.654. The molecule has 1 aromatic heterocycles. The first kappa shape index (κ1) is 16.6. The van der Waals surface area contributed by atoms with Gasteiger partial charge in [-0.1, -0.05) is 0 Å². The van der Waals surface area contributed by atoms with Crippen LogP contribution in [0.1, 0.15) is 39.1 Å². The van der Waals surface area contributed by atoms with Gasteiger partial charge in [-0.25, -0.2) is 9.78 Å². The molecule has 2 rings (SSSR count). The zero-order valence-electron chi connectivity index (χ0n) is 9.43. The monoisotopic (exact) mass is 298 g/mol. The van der Waals surface area contributed by atoms with E-state index in [1.54, 1.807) is 6.92 Å². The molecule has 0 amide bonds. The summed E-state index contributed by atoms with van der Waals surface area (Å²) in [6.45, 7) is 3.78. The Bertz CT molecular complexity index is 378. The number of rotatable bonds is 2. The van der Waals surface area contributed by atoms with Crippen LogP contribution in [0.2, 0.25) is 0 Å². The molecule has 0 radical (unpaired) electrons. The molecular weight excluding hydrogens is 283 g/mol. The van der Waals surface area contributed by atoms with Gasteiger partial charge in [-0.2, -0.15) is 0 Å². The van der Waals surface area contributed by atoms with Crippen molar-refractivity contribution in [2.45, 2.75) is 25.7 Å². The Kier molecular flexibility index (Phi) is 7.01. The fraction of sp³-hybridized carbons (Fsp3) is 0.600. The average molecular weight is 299 g/mol. The number of piperidine rings is 1. The van der Waals surface area contributed by atoms with Crippen molar-refractivity contribution in [1.29, 1.82) is 0 Å². The number of aromatic nitrogens is 1. The minimum Gasteiger partial charge on any atom is -0.477 e. The summed E-state index contributed by atoms with van der Waals surface area (Å²) < 4.78 is 0. The van der Waals surface area contributed by atoms with E-state index >= 15 is 0 Å². The van der Waals surface area contributed by atoms with Crippen molar-refractivity contribution in [2.75, 3.05) is 13.1 Å². The van der Waals surface area contributed by atoms with Crippen LogP contribution in [-0.2, 0) is 0 Å². The predicted molar refractivity (Wildman–Crippen MR) is 73.2 cm³/mol. The van der Waals surface area contributed by atoms with Crippen molar-refractivity contribution in [3.63, 3.8) is 0 Å². The van der Waals surface area contributed by atoms with Gasteiger partial charge >= 0.3 is 5.97 Å². The Balaban J connectivity index is 0.00000128. The molecule has 0 spiro atoms. The maximum absolute atomic E-state index is 10.9. The molecule has 0 unspecified atom stereocenters. The molecule has 0 bridgehead atoms. The van der Waals surface area contributed by atoms with Crippen LogP contribution in [0.4, 0.5) is 0 Å². The molecule has 0 atom stereocenters. The maximum atomic E-state index is 10.9. The summed E-state index contributed by atoms with van der Waals surface area (Å²) in [7, 11) is 0. The normalized spacial score (nSPS) is 15.8. The number of nitrogens with one attached hydrogen (secondary N) is 1. The van der Waals surface area contributed by atoms with Crippen LogP contribution in [0, 0.1) is 6.92 Å². The highest BCUT2D eigenvalue weighted by Crippen LogP contribution is 2.30. The highest BCUT2D eigenvalue weighted by Gasteiger charge is 2.22. The lowest BCUT2D eigenvalue weighted by molar-refractivity contribution is 0.0701. The molecule has 0 aliphatic carbocycles. The Morgan fingerprint density at radius 3 is 2.47 bits per heavy atom. The van der Waals surface area contributed by atoms with Gasteiger partial charge in [0.25, 0.3) is 0 Å². The minimum atomic E-state index is -0.856. The van der Waals surface area contributed by atoms with Gasteiger partial charge < -0.3 is 10.4 Å². The van der Waals surface area contributed by atoms with Crippen LogP contribution < -0.4 is 5.32 Å². The van der Waals surface area contributed by atoms with Crippen molar-refractivity contribution in [1.82, 2.24) is 10.3 Å². The van der Waals surface area contributed by atoms with Crippen LogP contribution >= 0.6 is 36.2 Å². The van der Waals surface area contributed by atoms with Gasteiger partial charge in [-0.3, -0.25) is 0 Å². The molecule has 17 heavy (non-hydrogen) atoms. The Morgan fingerprint density at radius 2 is 2.00 bits per heavy atom. The van der Waals surface area contributed by atoms with E-state index in [0.717, 1.165) is 30.9 Å². The molecule has 2 N–H and O–H groups in total. The first-order valence-electron chi connectivity index (χ1n) is 5.10. The Labute approximate surface area is 117 Å². The summed E-state index contributed by atoms with van der Waals surface area (Å²) in [5, 5.41) is 13.2. The molecule has 7 heteroatoms. The Morgan fingerprint density at radius 1 is 1.41 bits per heavy atom. The van der Waals surface area contributed by atoms with Crippen LogP contribution in [0.25, 0.3) is 0 Å². The third-order valence-corrected chi connectivity index (χ3v) is 4.00. The number of hydrogen-bond donors (Lipinski definition) is 2. The summed E-state index contributed by atoms with van der Waals surface area (Å²) in [6, 6.07) is 0. The highest BCUT2D eigenvalue weighted by atomic mass is 35.5. The van der Waals surface area contributed by atoms with Crippen LogP contribution in [0.3, 0.4) is 0 Å². The van der Waals surface area contributed by atoms with Gasteiger partial charge in [0.2, 0.25) is 0 Å². The van der Waals surface area contributed by atoms with Crippen molar-refractivity contribution in [3.8, 4) is 0 Å². The summed E-state index contributed by atoms with van der Waals surface area (Å²) >= 11 is 1.34. The molecule has 1 aliphatic rings. The molecule has 1 saturated heterocycles. The first-order chi connectivity index (χ1) is 7.18. The van der Waals surface area contributed by atoms with E-state index in [1.807, 2.05) is 0 Å². The molecule has 2 heterocycles. The van der Waals surface area contributed by atoms with Gasteiger partial charge in [0, 0.05) is 5.92 Å². The average Bonchev–Trinajstić information content (AvgIpc) is 2.62. The molecule has 1 fully saturated rings. The van der Waals surface area contributed by atoms with Crippen LogP contribution in [-0.4, -0.2) is 29.1 Å². The lowest BCUT2D eigenvalue weighted by Crippen LogP contribution is -2.26. The summed E-state index contributed by atoms with van der Waals surface area (Å²) in [4.78, 5) is 15.6. The van der Waals surface area contributed by atoms with Gasteiger partial charge in [0.05, 0.1) is 10.7 Å². The zero-order valence-corrected chi connectivity index (χ0v) is 11.9. The molecule has 4 nitrogen and oxygen atoms in total. The fourth-order valence-corrected chi connectivity index (χ4v) is 2.93. The summed E-state index contributed by atoms with van der Waals surface area (Å²) in [5.74, 6) is -0.409. The van der Waals surface area contributed by atoms with Crippen LogP contribution in [0.15, 0.2) is 0 Å². The number of halogens is 2. The number of aromatic carboxylic acids is 1. The second kappa shape index (κ2) is 7.16. The molecule has 1 aromatic rings. The predicted octanol–water partition coefficient (Wildman–Crippen LogP) is 2.46. The molecule has 1 aliphatic heterocycles. The highest BCUT2D eigenvalue weighted by molar-refractivity contribution is 7.13. The Hall–Kier alpha value is -0.360. The second-order valence-electron chi connectivity index (χ2n) is 3.80.